The van der Waals surface area contributed by atoms with Gasteiger partial charge in [0.15, 0.2) is 0 Å². The number of imidazole rings is 1. The minimum atomic E-state index is 0.175. The Hall–Kier alpha value is -1.66. The summed E-state index contributed by atoms with van der Waals surface area (Å²) < 4.78 is 7.86. The van der Waals surface area contributed by atoms with Gasteiger partial charge in [-0.1, -0.05) is 0 Å². The summed E-state index contributed by atoms with van der Waals surface area (Å²) in [5.74, 6) is 0.189. The number of hydrogen-bond donors (Lipinski definition) is 0. The van der Waals surface area contributed by atoms with Gasteiger partial charge in [-0.3, -0.25) is 4.79 Å². The number of fused-ring (bicyclic) bond motifs is 1. The number of ether oxygens (including phenoxy) is 1. The quantitative estimate of drug-likeness (QED) is 0.845. The molecule has 0 bridgehead atoms. The first-order valence-electron chi connectivity index (χ1n) is 8.07. The van der Waals surface area contributed by atoms with Crippen molar-refractivity contribution in [3.63, 3.8) is 0 Å². The predicted molar refractivity (Wildman–Crippen MR) is 90.2 cm³/mol. The number of amides is 1. The average Bonchev–Trinajstić information content (AvgIpc) is 3.10. The van der Waals surface area contributed by atoms with Crippen LogP contribution in [-0.4, -0.2) is 33.0 Å². The fourth-order valence-corrected chi connectivity index (χ4v) is 3.44. The van der Waals surface area contributed by atoms with Crippen LogP contribution in [0, 0.1) is 0 Å². The molecule has 0 saturated carbocycles. The first kappa shape index (κ1) is 16.2. The van der Waals surface area contributed by atoms with E-state index in [4.69, 9.17) is 4.74 Å². The Bertz CT molecular complexity index is 649. The number of aryl methyl sites for hydroxylation is 1. The molecule has 1 aliphatic rings. The van der Waals surface area contributed by atoms with Gasteiger partial charge >= 0.3 is 0 Å². The second-order valence-electron chi connectivity index (χ2n) is 6.17. The third-order valence-corrected chi connectivity index (χ3v) is 4.77. The molecule has 0 atom stereocenters. The summed E-state index contributed by atoms with van der Waals surface area (Å²) in [6, 6.07) is 2.02. The van der Waals surface area contributed by atoms with Crippen LogP contribution in [0.5, 0.6) is 0 Å². The molecule has 1 aliphatic heterocycles. The van der Waals surface area contributed by atoms with Gasteiger partial charge in [0, 0.05) is 13.1 Å². The van der Waals surface area contributed by atoms with Crippen LogP contribution in [0.4, 0.5) is 0 Å². The van der Waals surface area contributed by atoms with Gasteiger partial charge in [0.2, 0.25) is 5.91 Å². The molecule has 2 aromatic heterocycles. The molecule has 3 heterocycles. The molecule has 0 fully saturated rings. The predicted octanol–water partition coefficient (Wildman–Crippen LogP) is 2.84. The molecule has 0 aromatic carbocycles. The lowest BCUT2D eigenvalue weighted by Crippen LogP contribution is -2.32. The van der Waals surface area contributed by atoms with E-state index in [9.17, 15) is 4.79 Å². The van der Waals surface area contributed by atoms with E-state index in [1.165, 1.54) is 0 Å². The molecule has 5 nitrogen and oxygen atoms in total. The summed E-state index contributed by atoms with van der Waals surface area (Å²) in [5, 5.41) is 4.06. The molecular weight excluding hydrogens is 310 g/mol. The number of rotatable bonds is 5. The number of thiophene rings is 1. The Labute approximate surface area is 140 Å². The zero-order chi connectivity index (χ0) is 16.2. The van der Waals surface area contributed by atoms with Crippen molar-refractivity contribution in [2.24, 2.45) is 0 Å². The molecule has 0 aliphatic carbocycles. The molecule has 0 saturated heterocycles. The van der Waals surface area contributed by atoms with Crippen molar-refractivity contribution in [3.8, 4) is 0 Å². The second-order valence-corrected chi connectivity index (χ2v) is 6.95. The lowest BCUT2D eigenvalue weighted by atomic mass is 10.2. The van der Waals surface area contributed by atoms with Crippen molar-refractivity contribution in [2.75, 3.05) is 6.54 Å². The van der Waals surface area contributed by atoms with E-state index in [0.29, 0.717) is 19.6 Å². The van der Waals surface area contributed by atoms with Gasteiger partial charge < -0.3 is 14.2 Å². The maximum Gasteiger partial charge on any atom is 0.227 e. The van der Waals surface area contributed by atoms with Crippen molar-refractivity contribution in [1.29, 1.82) is 0 Å². The zero-order valence-corrected chi connectivity index (χ0v) is 14.5. The smallest absolute Gasteiger partial charge is 0.227 e. The summed E-state index contributed by atoms with van der Waals surface area (Å²) in [7, 11) is 0. The van der Waals surface area contributed by atoms with Gasteiger partial charge in [-0.2, -0.15) is 11.3 Å². The van der Waals surface area contributed by atoms with Crippen LogP contribution in [0.3, 0.4) is 0 Å². The fraction of sp³-hybridized carbons (Fsp3) is 0.529. The third kappa shape index (κ3) is 4.00. The van der Waals surface area contributed by atoms with Gasteiger partial charge in [-0.05, 0) is 42.7 Å². The van der Waals surface area contributed by atoms with Gasteiger partial charge in [-0.15, -0.1) is 0 Å². The SMILES string of the molecule is CC(C)OCc1ncn2c1CN(C(=O)Cc1ccsc1)CCC2. The average molecular weight is 333 g/mol. The van der Waals surface area contributed by atoms with E-state index in [2.05, 4.69) is 9.55 Å². The molecule has 23 heavy (non-hydrogen) atoms. The van der Waals surface area contributed by atoms with Crippen LogP contribution < -0.4 is 0 Å². The van der Waals surface area contributed by atoms with Crippen LogP contribution in [0.1, 0.15) is 37.2 Å². The minimum absolute atomic E-state index is 0.175. The van der Waals surface area contributed by atoms with Crippen LogP contribution in [0.2, 0.25) is 0 Å². The third-order valence-electron chi connectivity index (χ3n) is 4.04. The monoisotopic (exact) mass is 333 g/mol. The van der Waals surface area contributed by atoms with Crippen molar-refractivity contribution in [3.05, 3.63) is 40.1 Å². The Morgan fingerprint density at radius 3 is 3.04 bits per heavy atom. The summed E-state index contributed by atoms with van der Waals surface area (Å²) in [5.41, 5.74) is 3.16. The van der Waals surface area contributed by atoms with Gasteiger partial charge in [0.1, 0.15) is 0 Å². The first-order chi connectivity index (χ1) is 11.1. The second kappa shape index (κ2) is 7.27. The van der Waals surface area contributed by atoms with Crippen molar-refractivity contribution >= 4 is 17.2 Å². The summed E-state index contributed by atoms with van der Waals surface area (Å²) in [6.07, 6.45) is 3.49. The molecule has 3 rings (SSSR count). The number of carbonyl (C=O) groups excluding carboxylic acids is 1. The van der Waals surface area contributed by atoms with Crippen molar-refractivity contribution < 1.29 is 9.53 Å². The Balaban J connectivity index is 1.71. The molecule has 1 amide bonds. The standard InChI is InChI=1S/C17H23N3O2S/c1-13(2)22-10-15-16-9-19(5-3-6-20(16)12-18-15)17(21)8-14-4-7-23-11-14/h4,7,11-13H,3,5-6,8-10H2,1-2H3. The largest absolute Gasteiger partial charge is 0.372 e. The fourth-order valence-electron chi connectivity index (χ4n) is 2.77. The van der Waals surface area contributed by atoms with Crippen LogP contribution >= 0.6 is 11.3 Å². The Kier molecular flexibility index (Phi) is 5.13. The molecule has 6 heteroatoms. The molecule has 0 radical (unpaired) electrons. The zero-order valence-electron chi connectivity index (χ0n) is 13.7. The van der Waals surface area contributed by atoms with Gasteiger partial charge in [0.25, 0.3) is 0 Å². The highest BCUT2D eigenvalue weighted by atomic mass is 32.1. The maximum absolute atomic E-state index is 12.6. The van der Waals surface area contributed by atoms with Gasteiger partial charge in [0.05, 0.1) is 43.4 Å². The van der Waals surface area contributed by atoms with Crippen molar-refractivity contribution in [2.45, 2.75) is 52.5 Å². The topological polar surface area (TPSA) is 47.4 Å². The molecule has 124 valence electrons. The van der Waals surface area contributed by atoms with Crippen molar-refractivity contribution in [1.82, 2.24) is 14.5 Å². The maximum atomic E-state index is 12.6. The molecule has 2 aromatic rings. The summed E-state index contributed by atoms with van der Waals surface area (Å²) >= 11 is 1.63. The minimum Gasteiger partial charge on any atom is -0.372 e. The molecule has 0 unspecified atom stereocenters. The highest BCUT2D eigenvalue weighted by Crippen LogP contribution is 2.19. The van der Waals surface area contributed by atoms with E-state index in [1.807, 2.05) is 41.9 Å². The number of carbonyl (C=O) groups is 1. The highest BCUT2D eigenvalue weighted by molar-refractivity contribution is 7.07. The first-order valence-corrected chi connectivity index (χ1v) is 9.01. The van der Waals surface area contributed by atoms with Gasteiger partial charge in [-0.25, -0.2) is 4.98 Å². The van der Waals surface area contributed by atoms with Crippen LogP contribution in [0.15, 0.2) is 23.2 Å². The molecule has 0 spiro atoms. The molecule has 0 N–H and O–H groups in total. The summed E-state index contributed by atoms with van der Waals surface area (Å²) in [6.45, 7) is 6.88. The van der Waals surface area contributed by atoms with E-state index >= 15 is 0 Å². The van der Waals surface area contributed by atoms with E-state index < -0.39 is 0 Å². The molecular formula is C17H23N3O2S. The van der Waals surface area contributed by atoms with Crippen LogP contribution in [-0.2, 0) is 35.6 Å². The lowest BCUT2D eigenvalue weighted by Gasteiger charge is -2.20. The number of aromatic nitrogens is 2. The Morgan fingerprint density at radius 2 is 2.30 bits per heavy atom. The van der Waals surface area contributed by atoms with E-state index in [0.717, 1.165) is 36.5 Å². The normalized spacial score (nSPS) is 14.8. The highest BCUT2D eigenvalue weighted by Gasteiger charge is 2.22. The van der Waals surface area contributed by atoms with E-state index in [-0.39, 0.29) is 12.0 Å². The summed E-state index contributed by atoms with van der Waals surface area (Å²) in [4.78, 5) is 19.0. The number of hydrogen-bond acceptors (Lipinski definition) is 4. The lowest BCUT2D eigenvalue weighted by molar-refractivity contribution is -0.131. The van der Waals surface area contributed by atoms with Crippen LogP contribution in [0.25, 0.3) is 0 Å². The number of nitrogens with zero attached hydrogens (tertiary/aromatic N) is 3. The Morgan fingerprint density at radius 1 is 1.43 bits per heavy atom. The van der Waals surface area contributed by atoms with E-state index in [1.54, 1.807) is 11.3 Å².